The second kappa shape index (κ2) is 71.1. The maximum absolute atomic E-state index is 13.1. The predicted octanol–water partition coefficient (Wildman–Crippen LogP) is 23.3. The van der Waals surface area contributed by atoms with Gasteiger partial charge >= 0.3 is 39.5 Å². The third-order valence-electron chi connectivity index (χ3n) is 18.6. The molecule has 0 aliphatic rings. The molecule has 576 valence electrons. The van der Waals surface area contributed by atoms with E-state index in [0.717, 1.165) is 95.8 Å². The lowest BCUT2D eigenvalue weighted by Crippen LogP contribution is -2.30. The molecule has 3 unspecified atom stereocenters. The predicted molar refractivity (Wildman–Crippen MR) is 395 cm³/mol. The van der Waals surface area contributed by atoms with Gasteiger partial charge in [0.2, 0.25) is 0 Å². The number of carbonyl (C=O) groups excluding carboxylic acids is 4. The Hall–Kier alpha value is -1.94. The van der Waals surface area contributed by atoms with Crippen LogP contribution in [0.4, 0.5) is 0 Å². The minimum Gasteiger partial charge on any atom is -0.462 e. The van der Waals surface area contributed by atoms with E-state index in [4.69, 9.17) is 37.0 Å². The third-order valence-corrected chi connectivity index (χ3v) is 20.5. The van der Waals surface area contributed by atoms with Crippen molar-refractivity contribution < 1.29 is 80.2 Å². The van der Waals surface area contributed by atoms with Crippen molar-refractivity contribution in [2.24, 2.45) is 5.92 Å². The Labute approximate surface area is 594 Å². The fraction of sp³-hybridized carbons (Fsp3) is 0.949. The smallest absolute Gasteiger partial charge is 0.462 e. The molecule has 0 spiro atoms. The summed E-state index contributed by atoms with van der Waals surface area (Å²) in [5, 5.41) is 10.6. The first kappa shape index (κ1) is 95.1. The van der Waals surface area contributed by atoms with Gasteiger partial charge in [-0.3, -0.25) is 37.3 Å². The minimum atomic E-state index is -4.96. The highest BCUT2D eigenvalue weighted by Crippen LogP contribution is 2.45. The zero-order valence-corrected chi connectivity index (χ0v) is 65.0. The van der Waals surface area contributed by atoms with Crippen LogP contribution in [0.25, 0.3) is 0 Å². The molecule has 0 radical (unpaired) electrons. The van der Waals surface area contributed by atoms with Crippen molar-refractivity contribution in [3.8, 4) is 0 Å². The summed E-state index contributed by atoms with van der Waals surface area (Å²) in [6.07, 6.45) is 61.1. The van der Waals surface area contributed by atoms with Crippen LogP contribution in [0.3, 0.4) is 0 Å². The Bertz CT molecular complexity index is 1860. The highest BCUT2D eigenvalue weighted by molar-refractivity contribution is 7.47. The van der Waals surface area contributed by atoms with E-state index in [1.165, 1.54) is 238 Å². The molecule has 0 aromatic carbocycles. The van der Waals surface area contributed by atoms with Crippen LogP contribution >= 0.6 is 15.6 Å². The van der Waals surface area contributed by atoms with Gasteiger partial charge in [0.05, 0.1) is 26.4 Å². The molecule has 0 bridgehead atoms. The Morgan fingerprint density at radius 1 is 0.289 bits per heavy atom. The van der Waals surface area contributed by atoms with Gasteiger partial charge in [-0.2, -0.15) is 0 Å². The van der Waals surface area contributed by atoms with Crippen molar-refractivity contribution >= 4 is 39.5 Å². The molecule has 0 saturated carbocycles. The van der Waals surface area contributed by atoms with E-state index in [9.17, 15) is 43.2 Å². The molecule has 0 amide bonds. The first-order valence-electron chi connectivity index (χ1n) is 40.7. The highest BCUT2D eigenvalue weighted by atomic mass is 31.2. The average molecular weight is 1420 g/mol. The Morgan fingerprint density at radius 2 is 0.495 bits per heavy atom. The summed E-state index contributed by atoms with van der Waals surface area (Å²) in [5.41, 5.74) is 0. The van der Waals surface area contributed by atoms with Crippen LogP contribution in [0.1, 0.15) is 413 Å². The highest BCUT2D eigenvalue weighted by Gasteiger charge is 2.30. The van der Waals surface area contributed by atoms with Crippen LogP contribution in [0.15, 0.2) is 0 Å². The lowest BCUT2D eigenvalue weighted by atomic mass is 9.99. The van der Waals surface area contributed by atoms with E-state index >= 15 is 0 Å². The zero-order chi connectivity index (χ0) is 71.2. The summed E-state index contributed by atoms with van der Waals surface area (Å²) in [6.45, 7) is 7.29. The number of aliphatic hydroxyl groups is 1. The number of hydrogen-bond acceptors (Lipinski definition) is 15. The molecule has 6 atom stereocenters. The number of carbonyl (C=O) groups is 4. The van der Waals surface area contributed by atoms with Gasteiger partial charge in [-0.1, -0.05) is 362 Å². The SMILES string of the molecule is CCCCCCCCCCCCCCCCCCCCC(=O)OC[C@H](COP(=O)(O)OC[C@@H](O)COP(=O)(O)OC[C@@H](COC(=O)CCCCCCCCCCC)OC(=O)CCCCCCCCCCC(C)CC)OC(=O)CCCCCCCCCCCCCCCCCCCC. The molecule has 0 aliphatic carbocycles. The first-order valence-corrected chi connectivity index (χ1v) is 43.7. The number of ether oxygens (including phenoxy) is 4. The number of aliphatic hydroxyl groups excluding tert-OH is 1. The van der Waals surface area contributed by atoms with E-state index in [0.29, 0.717) is 25.7 Å². The lowest BCUT2D eigenvalue weighted by Gasteiger charge is -2.21. The van der Waals surface area contributed by atoms with Gasteiger partial charge in [0.25, 0.3) is 0 Å². The second-order valence-electron chi connectivity index (χ2n) is 28.3. The molecular weight excluding hydrogens is 1270 g/mol. The standard InChI is InChI=1S/C78H152O17P2/c1-6-10-13-16-19-22-24-26-28-30-32-34-36-38-41-47-52-57-62-76(81)89-68-73(94-77(82)63-58-53-48-42-39-37-35-33-31-29-27-25-23-20-17-14-11-7-2)69-92-96(84,85)90-65-72(79)66-91-97(86,87)93-70-74(67-88-75(80)61-56-51-46-40-21-18-15-12-8-3)95-78(83)64-59-54-49-44-43-45-50-55-60-71(5)9-4/h71-74,79H,6-70H2,1-5H3,(H,84,85)(H,86,87)/t71?,72-,73-,74-/m1/s1. The third kappa shape index (κ3) is 70.9. The number of hydrogen-bond donors (Lipinski definition) is 3. The first-order chi connectivity index (χ1) is 47.1. The second-order valence-corrected chi connectivity index (χ2v) is 31.3. The van der Waals surface area contributed by atoms with Crippen LogP contribution in [0.5, 0.6) is 0 Å². The summed E-state index contributed by atoms with van der Waals surface area (Å²) in [6, 6.07) is 0. The van der Waals surface area contributed by atoms with Crippen molar-refractivity contribution in [1.82, 2.24) is 0 Å². The summed E-state index contributed by atoms with van der Waals surface area (Å²) in [4.78, 5) is 72.8. The molecule has 0 heterocycles. The molecular formula is C78H152O17P2. The normalized spacial score (nSPS) is 14.2. The number of unbranched alkanes of at least 4 members (excludes halogenated alkanes) is 49. The maximum Gasteiger partial charge on any atom is 0.472 e. The summed E-state index contributed by atoms with van der Waals surface area (Å²) >= 11 is 0. The molecule has 3 N–H and O–H groups in total. The topological polar surface area (TPSA) is 237 Å². The summed E-state index contributed by atoms with van der Waals surface area (Å²) in [7, 11) is -9.91. The maximum atomic E-state index is 13.1. The fourth-order valence-electron chi connectivity index (χ4n) is 12.0. The van der Waals surface area contributed by atoms with E-state index < -0.39 is 97.5 Å². The number of esters is 4. The summed E-state index contributed by atoms with van der Waals surface area (Å²) in [5.74, 6) is -1.34. The van der Waals surface area contributed by atoms with Gasteiger partial charge in [-0.15, -0.1) is 0 Å². The largest absolute Gasteiger partial charge is 0.472 e. The van der Waals surface area contributed by atoms with Crippen molar-refractivity contribution in [1.29, 1.82) is 0 Å². The molecule has 0 aromatic heterocycles. The van der Waals surface area contributed by atoms with Crippen LogP contribution in [0.2, 0.25) is 0 Å². The Morgan fingerprint density at radius 3 is 0.732 bits per heavy atom. The molecule has 0 rings (SSSR count). The number of rotatable bonds is 78. The van der Waals surface area contributed by atoms with E-state index in [2.05, 4.69) is 34.6 Å². The van der Waals surface area contributed by atoms with Gasteiger partial charge < -0.3 is 33.8 Å². The quantitative estimate of drug-likeness (QED) is 0.0222. The summed E-state index contributed by atoms with van der Waals surface area (Å²) < 4.78 is 68.6. The van der Waals surface area contributed by atoms with Gasteiger partial charge in [-0.25, -0.2) is 9.13 Å². The van der Waals surface area contributed by atoms with Crippen molar-refractivity contribution in [2.45, 2.75) is 432 Å². The van der Waals surface area contributed by atoms with Crippen LogP contribution in [0, 0.1) is 5.92 Å². The monoisotopic (exact) mass is 1420 g/mol. The minimum absolute atomic E-state index is 0.105. The molecule has 17 nitrogen and oxygen atoms in total. The zero-order valence-electron chi connectivity index (χ0n) is 63.2. The molecule has 0 aromatic rings. The molecule has 0 aliphatic heterocycles. The van der Waals surface area contributed by atoms with Crippen LogP contribution < -0.4 is 0 Å². The van der Waals surface area contributed by atoms with Crippen molar-refractivity contribution in [3.05, 3.63) is 0 Å². The van der Waals surface area contributed by atoms with Crippen LogP contribution in [-0.4, -0.2) is 96.7 Å². The van der Waals surface area contributed by atoms with Crippen molar-refractivity contribution in [3.63, 3.8) is 0 Å². The fourth-order valence-corrected chi connectivity index (χ4v) is 13.6. The molecule has 97 heavy (non-hydrogen) atoms. The Kier molecular flexibility index (Phi) is 69.6. The van der Waals surface area contributed by atoms with E-state index in [-0.39, 0.29) is 25.7 Å². The van der Waals surface area contributed by atoms with Gasteiger partial charge in [0.15, 0.2) is 12.2 Å². The molecule has 19 heteroatoms. The molecule has 0 fully saturated rings. The van der Waals surface area contributed by atoms with Gasteiger partial charge in [0, 0.05) is 25.7 Å². The van der Waals surface area contributed by atoms with E-state index in [1.54, 1.807) is 0 Å². The van der Waals surface area contributed by atoms with Crippen molar-refractivity contribution in [2.75, 3.05) is 39.6 Å². The van der Waals surface area contributed by atoms with E-state index in [1.807, 2.05) is 0 Å². The number of phosphoric acid groups is 2. The van der Waals surface area contributed by atoms with Gasteiger partial charge in [0.1, 0.15) is 19.3 Å². The lowest BCUT2D eigenvalue weighted by molar-refractivity contribution is -0.161. The van der Waals surface area contributed by atoms with Crippen LogP contribution in [-0.2, 0) is 65.4 Å². The number of phosphoric ester groups is 2. The average Bonchev–Trinajstić information content (AvgIpc) is 1.97. The van der Waals surface area contributed by atoms with Gasteiger partial charge in [-0.05, 0) is 31.6 Å². The molecule has 0 saturated heterocycles. The Balaban J connectivity index is 5.22.